The zero-order valence-corrected chi connectivity index (χ0v) is 11.7. The zero-order chi connectivity index (χ0) is 16.3. The minimum absolute atomic E-state index is 0.229. The van der Waals surface area contributed by atoms with Crippen molar-refractivity contribution < 1.29 is 22.7 Å². The standard InChI is InChI=1S/C12H12F3N5O2/c1-19(2)11(21)20-17-10(16-18-20)7-8-3-5-9(6-4-8)22-12(13,14)15/h3-6H,7H2,1-2H3. The molecule has 0 atom stereocenters. The van der Waals surface area contributed by atoms with Gasteiger partial charge in [0.25, 0.3) is 0 Å². The van der Waals surface area contributed by atoms with Gasteiger partial charge in [0.15, 0.2) is 5.82 Å². The number of benzene rings is 1. The van der Waals surface area contributed by atoms with Crippen LogP contribution < -0.4 is 4.74 Å². The Kier molecular flexibility index (Phi) is 4.29. The summed E-state index contributed by atoms with van der Waals surface area (Å²) < 4.78 is 39.9. The highest BCUT2D eigenvalue weighted by Gasteiger charge is 2.30. The summed E-state index contributed by atoms with van der Waals surface area (Å²) >= 11 is 0. The molecule has 0 N–H and O–H groups in total. The monoisotopic (exact) mass is 315 g/mol. The fourth-order valence-corrected chi connectivity index (χ4v) is 1.57. The Labute approximate surface area is 123 Å². The van der Waals surface area contributed by atoms with Crippen LogP contribution in [0.2, 0.25) is 0 Å². The van der Waals surface area contributed by atoms with E-state index in [1.54, 1.807) is 14.1 Å². The minimum atomic E-state index is -4.72. The van der Waals surface area contributed by atoms with Gasteiger partial charge in [0.1, 0.15) is 5.75 Å². The lowest BCUT2D eigenvalue weighted by Gasteiger charge is -2.08. The van der Waals surface area contributed by atoms with Crippen LogP contribution in [0.4, 0.5) is 18.0 Å². The molecule has 0 unspecified atom stereocenters. The lowest BCUT2D eigenvalue weighted by atomic mass is 10.1. The number of hydrogen-bond acceptors (Lipinski definition) is 5. The van der Waals surface area contributed by atoms with E-state index in [0.29, 0.717) is 5.56 Å². The third-order valence-electron chi connectivity index (χ3n) is 2.53. The SMILES string of the molecule is CN(C)C(=O)n1nnc(Cc2ccc(OC(F)(F)F)cc2)n1. The van der Waals surface area contributed by atoms with Crippen LogP contribution in [0.25, 0.3) is 0 Å². The van der Waals surface area contributed by atoms with Gasteiger partial charge in [-0.25, -0.2) is 4.79 Å². The van der Waals surface area contributed by atoms with Gasteiger partial charge in [-0.05, 0) is 22.9 Å². The van der Waals surface area contributed by atoms with E-state index in [9.17, 15) is 18.0 Å². The van der Waals surface area contributed by atoms with Crippen LogP contribution in [-0.4, -0.2) is 51.6 Å². The minimum Gasteiger partial charge on any atom is -0.406 e. The van der Waals surface area contributed by atoms with Crippen LogP contribution in [0.5, 0.6) is 5.75 Å². The van der Waals surface area contributed by atoms with Crippen molar-refractivity contribution in [3.63, 3.8) is 0 Å². The van der Waals surface area contributed by atoms with Crippen LogP contribution in [0.1, 0.15) is 11.4 Å². The molecule has 0 aliphatic heterocycles. The van der Waals surface area contributed by atoms with Gasteiger partial charge < -0.3 is 9.64 Å². The normalized spacial score (nSPS) is 11.3. The van der Waals surface area contributed by atoms with E-state index in [2.05, 4.69) is 20.1 Å². The fourth-order valence-electron chi connectivity index (χ4n) is 1.57. The second-order valence-electron chi connectivity index (χ2n) is 4.54. The molecule has 0 saturated heterocycles. The highest BCUT2D eigenvalue weighted by molar-refractivity contribution is 5.73. The maximum Gasteiger partial charge on any atom is 0.573 e. The lowest BCUT2D eigenvalue weighted by molar-refractivity contribution is -0.274. The van der Waals surface area contributed by atoms with Crippen LogP contribution in [0.15, 0.2) is 24.3 Å². The number of ether oxygens (including phenoxy) is 1. The van der Waals surface area contributed by atoms with Crippen molar-refractivity contribution in [3.8, 4) is 5.75 Å². The van der Waals surface area contributed by atoms with Gasteiger partial charge in [-0.3, -0.25) is 0 Å². The molecule has 22 heavy (non-hydrogen) atoms. The largest absolute Gasteiger partial charge is 0.573 e. The molecule has 1 amide bonds. The highest BCUT2D eigenvalue weighted by atomic mass is 19.4. The van der Waals surface area contributed by atoms with Crippen LogP contribution >= 0.6 is 0 Å². The summed E-state index contributed by atoms with van der Waals surface area (Å²) in [4.78, 5) is 13.7. The van der Waals surface area contributed by atoms with Crippen molar-refractivity contribution in [1.82, 2.24) is 25.1 Å². The molecule has 1 heterocycles. The number of rotatable bonds is 3. The Balaban J connectivity index is 2.04. The van der Waals surface area contributed by atoms with E-state index in [0.717, 1.165) is 4.80 Å². The van der Waals surface area contributed by atoms with Gasteiger partial charge >= 0.3 is 12.4 Å². The summed E-state index contributed by atoms with van der Waals surface area (Å²) in [6, 6.07) is 4.84. The van der Waals surface area contributed by atoms with Crippen LogP contribution in [0, 0.1) is 0 Å². The number of amides is 1. The first-order chi connectivity index (χ1) is 10.2. The molecule has 10 heteroatoms. The third-order valence-corrected chi connectivity index (χ3v) is 2.53. The van der Waals surface area contributed by atoms with Crippen molar-refractivity contribution >= 4 is 6.03 Å². The van der Waals surface area contributed by atoms with Gasteiger partial charge in [-0.1, -0.05) is 16.9 Å². The van der Waals surface area contributed by atoms with Crippen molar-refractivity contribution in [3.05, 3.63) is 35.7 Å². The van der Waals surface area contributed by atoms with Crippen molar-refractivity contribution in [2.24, 2.45) is 0 Å². The molecule has 2 aromatic rings. The molecule has 0 spiro atoms. The molecule has 118 valence electrons. The second-order valence-corrected chi connectivity index (χ2v) is 4.54. The molecule has 2 rings (SSSR count). The maximum atomic E-state index is 12.0. The average Bonchev–Trinajstić information content (AvgIpc) is 2.87. The quantitative estimate of drug-likeness (QED) is 0.862. The summed E-state index contributed by atoms with van der Waals surface area (Å²) in [5, 5.41) is 11.2. The zero-order valence-electron chi connectivity index (χ0n) is 11.7. The Morgan fingerprint density at radius 1 is 1.27 bits per heavy atom. The van der Waals surface area contributed by atoms with Gasteiger partial charge in [-0.2, -0.15) is 0 Å². The van der Waals surface area contributed by atoms with Crippen LogP contribution in [-0.2, 0) is 6.42 Å². The summed E-state index contributed by atoms with van der Waals surface area (Å²) in [6.45, 7) is 0. The van der Waals surface area contributed by atoms with Gasteiger partial charge in [-0.15, -0.1) is 23.4 Å². The molecule has 0 aliphatic rings. The number of nitrogens with zero attached hydrogens (tertiary/aromatic N) is 5. The summed E-state index contributed by atoms with van der Waals surface area (Å²) in [7, 11) is 3.09. The lowest BCUT2D eigenvalue weighted by Crippen LogP contribution is -2.29. The van der Waals surface area contributed by atoms with Gasteiger partial charge in [0.2, 0.25) is 0 Å². The number of alkyl halides is 3. The number of aromatic nitrogens is 4. The second kappa shape index (κ2) is 6.00. The molecular weight excluding hydrogens is 303 g/mol. The van der Waals surface area contributed by atoms with E-state index in [1.807, 2.05) is 0 Å². The number of carbonyl (C=O) groups is 1. The van der Waals surface area contributed by atoms with Gasteiger partial charge in [0.05, 0.1) is 0 Å². The first-order valence-corrected chi connectivity index (χ1v) is 6.10. The van der Waals surface area contributed by atoms with E-state index in [-0.39, 0.29) is 18.0 Å². The van der Waals surface area contributed by atoms with E-state index < -0.39 is 12.4 Å². The van der Waals surface area contributed by atoms with Crippen molar-refractivity contribution in [2.45, 2.75) is 12.8 Å². The predicted molar refractivity (Wildman–Crippen MR) is 68.2 cm³/mol. The maximum absolute atomic E-state index is 12.0. The third kappa shape index (κ3) is 4.17. The summed E-state index contributed by atoms with van der Waals surface area (Å²) in [5.41, 5.74) is 0.659. The highest BCUT2D eigenvalue weighted by Crippen LogP contribution is 2.23. The Bertz CT molecular complexity index is 652. The Morgan fingerprint density at radius 2 is 1.91 bits per heavy atom. The van der Waals surface area contributed by atoms with Crippen molar-refractivity contribution in [1.29, 1.82) is 0 Å². The molecular formula is C12H12F3N5O2. The predicted octanol–water partition coefficient (Wildman–Crippen LogP) is 1.69. The molecule has 0 bridgehead atoms. The van der Waals surface area contributed by atoms with Crippen molar-refractivity contribution in [2.75, 3.05) is 14.1 Å². The molecule has 1 aromatic heterocycles. The molecule has 1 aromatic carbocycles. The van der Waals surface area contributed by atoms with E-state index >= 15 is 0 Å². The number of carbonyl (C=O) groups excluding carboxylic acids is 1. The van der Waals surface area contributed by atoms with E-state index in [4.69, 9.17) is 0 Å². The topological polar surface area (TPSA) is 73.1 Å². The van der Waals surface area contributed by atoms with E-state index in [1.165, 1.54) is 29.2 Å². The Hall–Kier alpha value is -2.65. The average molecular weight is 315 g/mol. The summed E-state index contributed by atoms with van der Waals surface area (Å²) in [6.07, 6.45) is -4.49. The number of halogens is 3. The van der Waals surface area contributed by atoms with Gasteiger partial charge in [0, 0.05) is 20.5 Å². The molecule has 0 saturated carbocycles. The van der Waals surface area contributed by atoms with Crippen LogP contribution in [0.3, 0.4) is 0 Å². The first-order valence-electron chi connectivity index (χ1n) is 6.10. The smallest absolute Gasteiger partial charge is 0.406 e. The first kappa shape index (κ1) is 15.7. The number of tetrazole rings is 1. The fraction of sp³-hybridized carbons (Fsp3) is 0.333. The molecule has 7 nitrogen and oxygen atoms in total. The molecule has 0 radical (unpaired) electrons. The Morgan fingerprint density at radius 3 is 2.45 bits per heavy atom. The number of hydrogen-bond donors (Lipinski definition) is 0. The molecule has 0 aliphatic carbocycles. The summed E-state index contributed by atoms with van der Waals surface area (Å²) in [5.74, 6) is -0.0321. The molecule has 0 fully saturated rings.